The van der Waals surface area contributed by atoms with Crippen LogP contribution in [0.2, 0.25) is 0 Å². The van der Waals surface area contributed by atoms with Crippen LogP contribution in [0.3, 0.4) is 0 Å². The molecule has 0 saturated carbocycles. The minimum Gasteiger partial charge on any atom is -0.490 e. The number of aromatic nitrogens is 2. The van der Waals surface area contributed by atoms with E-state index in [2.05, 4.69) is 43.6 Å². The van der Waals surface area contributed by atoms with Crippen LogP contribution < -0.4 is 15.0 Å². The smallest absolute Gasteiger partial charge is 0.282 e. The summed E-state index contributed by atoms with van der Waals surface area (Å²) in [5, 5.41) is 5.02. The van der Waals surface area contributed by atoms with E-state index in [1.54, 1.807) is 36.5 Å². The van der Waals surface area contributed by atoms with Crippen LogP contribution in [-0.2, 0) is 12.0 Å². The monoisotopic (exact) mass is 677 g/mol. The van der Waals surface area contributed by atoms with Crippen LogP contribution in [0.4, 0.5) is 4.39 Å². The first-order valence-electron chi connectivity index (χ1n) is 11.7. The van der Waals surface area contributed by atoms with Crippen LogP contribution >= 0.6 is 38.5 Å². The van der Waals surface area contributed by atoms with Crippen LogP contribution in [0.15, 0.2) is 69.0 Å². The molecule has 0 amide bonds. The topological polar surface area (TPSA) is 65.7 Å². The molecule has 6 nitrogen and oxygen atoms in total. The van der Waals surface area contributed by atoms with Crippen LogP contribution in [0.1, 0.15) is 44.6 Å². The maximum absolute atomic E-state index is 14.1. The highest BCUT2D eigenvalue weighted by molar-refractivity contribution is 14.1. The summed E-state index contributed by atoms with van der Waals surface area (Å²) in [6.45, 7) is 8.33. The molecule has 1 aromatic heterocycles. The van der Waals surface area contributed by atoms with Gasteiger partial charge in [0, 0.05) is 15.5 Å². The molecule has 0 N–H and O–H groups in total. The van der Waals surface area contributed by atoms with Gasteiger partial charge >= 0.3 is 0 Å². The third-order valence-electron chi connectivity index (χ3n) is 5.46. The minimum absolute atomic E-state index is 0.0683. The molecule has 3 aromatic carbocycles. The Morgan fingerprint density at radius 1 is 1.14 bits per heavy atom. The number of benzene rings is 3. The van der Waals surface area contributed by atoms with E-state index in [0.717, 1.165) is 8.04 Å². The molecular weight excluding hydrogens is 652 g/mol. The summed E-state index contributed by atoms with van der Waals surface area (Å²) in [5.74, 6) is 1.26. The zero-order valence-corrected chi connectivity index (χ0v) is 24.6. The molecule has 0 fully saturated rings. The summed E-state index contributed by atoms with van der Waals surface area (Å²) in [7, 11) is 0. The van der Waals surface area contributed by atoms with E-state index in [0.29, 0.717) is 46.0 Å². The van der Waals surface area contributed by atoms with Crippen molar-refractivity contribution < 1.29 is 13.9 Å². The average molecular weight is 678 g/mol. The third kappa shape index (κ3) is 6.20. The average Bonchev–Trinajstić information content (AvgIpc) is 2.83. The maximum atomic E-state index is 14.1. The van der Waals surface area contributed by atoms with Gasteiger partial charge in [-0.1, -0.05) is 54.9 Å². The fourth-order valence-electron chi connectivity index (χ4n) is 3.70. The zero-order valence-electron chi connectivity index (χ0n) is 20.9. The van der Waals surface area contributed by atoms with Gasteiger partial charge in [-0.15, -0.1) is 0 Å². The fourth-order valence-corrected chi connectivity index (χ4v) is 4.84. The summed E-state index contributed by atoms with van der Waals surface area (Å²) in [4.78, 5) is 18.2. The summed E-state index contributed by atoms with van der Waals surface area (Å²) in [6, 6.07) is 15.6. The van der Waals surface area contributed by atoms with Crippen molar-refractivity contribution in [2.24, 2.45) is 5.10 Å². The molecule has 37 heavy (non-hydrogen) atoms. The van der Waals surface area contributed by atoms with Crippen LogP contribution in [-0.4, -0.2) is 22.5 Å². The number of hydrogen-bond donors (Lipinski definition) is 0. The van der Waals surface area contributed by atoms with Gasteiger partial charge < -0.3 is 9.47 Å². The number of hydrogen-bond acceptors (Lipinski definition) is 5. The lowest BCUT2D eigenvalue weighted by Crippen LogP contribution is -2.29. The Kier molecular flexibility index (Phi) is 8.33. The van der Waals surface area contributed by atoms with Gasteiger partial charge in [0.25, 0.3) is 5.56 Å². The van der Waals surface area contributed by atoms with Crippen molar-refractivity contribution >= 4 is 55.6 Å². The standard InChI is InChI=1S/C28H26BrFIN3O3/c1-5-36-24-13-17(12-22(31)25(24)37-16-18-8-6-7-9-21(18)30)15-32-34-26(35)20-14-19(29)10-11-23(20)33-27(34)28(2,3)4/h6-15H,5,16H2,1-4H3. The van der Waals surface area contributed by atoms with Crippen LogP contribution in [0.5, 0.6) is 11.5 Å². The quantitative estimate of drug-likeness (QED) is 0.155. The molecule has 1 heterocycles. The van der Waals surface area contributed by atoms with E-state index in [1.807, 2.05) is 45.9 Å². The molecular formula is C28H26BrFIN3O3. The predicted octanol–water partition coefficient (Wildman–Crippen LogP) is 7.06. The number of ether oxygens (including phenoxy) is 2. The van der Waals surface area contributed by atoms with Crippen LogP contribution in [0, 0.1) is 9.39 Å². The lowest BCUT2D eigenvalue weighted by molar-refractivity contribution is 0.264. The molecule has 0 aliphatic rings. The van der Waals surface area contributed by atoms with Crippen molar-refractivity contribution in [3.63, 3.8) is 0 Å². The Hall–Kier alpha value is -2.79. The summed E-state index contributed by atoms with van der Waals surface area (Å²) in [6.07, 6.45) is 1.60. The largest absolute Gasteiger partial charge is 0.490 e. The molecule has 9 heteroatoms. The molecule has 0 aliphatic heterocycles. The van der Waals surface area contributed by atoms with Gasteiger partial charge in [-0.05, 0) is 71.5 Å². The molecule has 192 valence electrons. The normalized spacial score (nSPS) is 11.9. The molecule has 4 aromatic rings. The Bertz CT molecular complexity index is 1550. The Morgan fingerprint density at radius 2 is 1.89 bits per heavy atom. The predicted molar refractivity (Wildman–Crippen MR) is 156 cm³/mol. The summed E-state index contributed by atoms with van der Waals surface area (Å²) < 4.78 is 28.8. The highest BCUT2D eigenvalue weighted by Crippen LogP contribution is 2.35. The molecule has 0 aliphatic carbocycles. The molecule has 0 atom stereocenters. The number of halogens is 3. The maximum Gasteiger partial charge on any atom is 0.282 e. The van der Waals surface area contributed by atoms with Crippen molar-refractivity contribution in [3.8, 4) is 11.5 Å². The van der Waals surface area contributed by atoms with Crippen LogP contribution in [0.25, 0.3) is 10.9 Å². The van der Waals surface area contributed by atoms with Crippen molar-refractivity contribution in [1.82, 2.24) is 9.66 Å². The Labute approximate surface area is 236 Å². The van der Waals surface area contributed by atoms with Gasteiger partial charge in [0.15, 0.2) is 11.5 Å². The van der Waals surface area contributed by atoms with Gasteiger partial charge in [0.1, 0.15) is 18.2 Å². The van der Waals surface area contributed by atoms with Crippen molar-refractivity contribution in [2.45, 2.75) is 39.7 Å². The van der Waals surface area contributed by atoms with E-state index >= 15 is 0 Å². The number of nitrogens with zero attached hydrogens (tertiary/aromatic N) is 3. The van der Waals surface area contributed by atoms with E-state index in [1.165, 1.54) is 10.7 Å². The second-order valence-corrected chi connectivity index (χ2v) is 11.4. The first-order valence-corrected chi connectivity index (χ1v) is 13.6. The van der Waals surface area contributed by atoms with Crippen molar-refractivity contribution in [3.05, 3.63) is 95.8 Å². The molecule has 4 rings (SSSR count). The number of rotatable bonds is 7. The Balaban J connectivity index is 1.74. The molecule has 0 spiro atoms. The lowest BCUT2D eigenvalue weighted by atomic mass is 9.95. The van der Waals surface area contributed by atoms with Gasteiger partial charge in [-0.3, -0.25) is 4.79 Å². The fraction of sp³-hybridized carbons (Fsp3) is 0.250. The molecule has 0 bridgehead atoms. The lowest BCUT2D eigenvalue weighted by Gasteiger charge is -2.21. The van der Waals surface area contributed by atoms with Crippen molar-refractivity contribution in [2.75, 3.05) is 6.61 Å². The minimum atomic E-state index is -0.424. The van der Waals surface area contributed by atoms with E-state index < -0.39 is 5.41 Å². The van der Waals surface area contributed by atoms with Gasteiger partial charge in [-0.2, -0.15) is 9.78 Å². The molecule has 0 unspecified atom stereocenters. The second kappa shape index (κ2) is 11.3. The van der Waals surface area contributed by atoms with Gasteiger partial charge in [0.2, 0.25) is 0 Å². The van der Waals surface area contributed by atoms with Crippen molar-refractivity contribution in [1.29, 1.82) is 0 Å². The van der Waals surface area contributed by atoms with E-state index in [4.69, 9.17) is 14.5 Å². The van der Waals surface area contributed by atoms with E-state index in [9.17, 15) is 9.18 Å². The highest BCUT2D eigenvalue weighted by atomic mass is 127. The Morgan fingerprint density at radius 3 is 2.59 bits per heavy atom. The van der Waals surface area contributed by atoms with Gasteiger partial charge in [0.05, 0.1) is 27.3 Å². The first kappa shape index (κ1) is 27.3. The van der Waals surface area contributed by atoms with Gasteiger partial charge in [-0.25, -0.2) is 9.37 Å². The molecule has 0 saturated heterocycles. The zero-order chi connectivity index (χ0) is 26.7. The molecule has 0 radical (unpaired) electrons. The SMILES string of the molecule is CCOc1cc(C=Nn2c(C(C)(C)C)nc3ccc(Br)cc3c2=O)cc(I)c1OCc1ccccc1F. The first-order chi connectivity index (χ1) is 17.6. The third-order valence-corrected chi connectivity index (χ3v) is 6.76. The number of fused-ring (bicyclic) bond motifs is 1. The second-order valence-electron chi connectivity index (χ2n) is 9.35. The summed E-state index contributed by atoms with van der Waals surface area (Å²) in [5.41, 5.74) is 1.11. The summed E-state index contributed by atoms with van der Waals surface area (Å²) >= 11 is 5.58. The van der Waals surface area contributed by atoms with E-state index in [-0.39, 0.29) is 18.0 Å². The highest BCUT2D eigenvalue weighted by Gasteiger charge is 2.23.